The lowest BCUT2D eigenvalue weighted by atomic mass is 9.92. The number of nitro groups is 1. The Morgan fingerprint density at radius 3 is 2.68 bits per heavy atom. The second-order valence-corrected chi connectivity index (χ2v) is 7.23. The van der Waals surface area contributed by atoms with E-state index in [0.717, 1.165) is 18.9 Å². The highest BCUT2D eigenvalue weighted by Crippen LogP contribution is 2.35. The fourth-order valence-corrected chi connectivity index (χ4v) is 3.40. The van der Waals surface area contributed by atoms with Crippen LogP contribution in [0, 0.1) is 16.0 Å². The zero-order valence-electron chi connectivity index (χ0n) is 12.3. The Labute approximate surface area is 129 Å². The van der Waals surface area contributed by atoms with E-state index in [1.807, 2.05) is 4.90 Å². The molecule has 2 unspecified atom stereocenters. The van der Waals surface area contributed by atoms with Gasteiger partial charge in [0, 0.05) is 25.2 Å². The predicted molar refractivity (Wildman–Crippen MR) is 83.1 cm³/mol. The summed E-state index contributed by atoms with van der Waals surface area (Å²) < 4.78 is 22.8. The van der Waals surface area contributed by atoms with E-state index in [2.05, 4.69) is 6.92 Å². The minimum atomic E-state index is -3.98. The van der Waals surface area contributed by atoms with Crippen LogP contribution in [0.4, 0.5) is 11.4 Å². The minimum absolute atomic E-state index is 0.00258. The molecular weight excluding hydrogens is 308 g/mol. The summed E-state index contributed by atoms with van der Waals surface area (Å²) in [6.45, 7) is 3.16. The monoisotopic (exact) mass is 328 g/mol. The summed E-state index contributed by atoms with van der Waals surface area (Å²) in [5, 5.41) is 16.4. The fraction of sp³-hybridized carbons (Fsp3) is 0.538. The second-order valence-electron chi connectivity index (χ2n) is 5.67. The van der Waals surface area contributed by atoms with Gasteiger partial charge < -0.3 is 10.6 Å². The van der Waals surface area contributed by atoms with Crippen molar-refractivity contribution in [3.63, 3.8) is 0 Å². The standard InChI is InChI=1S/C13H20N4O4S/c1-9-4-5-16(10(6-9)8-14)12-3-2-11(22(15,20)21)7-13(12)17(18)19/h2-3,7,9-10H,4-6,8,14H2,1H3,(H2,15,20,21). The SMILES string of the molecule is CC1CCN(c2ccc(S(N)(=O)=O)cc2[N+](=O)[O-])C(CN)C1. The lowest BCUT2D eigenvalue weighted by Gasteiger charge is -2.39. The van der Waals surface area contributed by atoms with Crippen LogP contribution in [0.3, 0.4) is 0 Å². The van der Waals surface area contributed by atoms with E-state index >= 15 is 0 Å². The van der Waals surface area contributed by atoms with Crippen LogP contribution in [0.15, 0.2) is 23.1 Å². The zero-order chi connectivity index (χ0) is 16.5. The van der Waals surface area contributed by atoms with Crippen molar-refractivity contribution in [2.45, 2.75) is 30.7 Å². The number of nitro benzene ring substituents is 1. The van der Waals surface area contributed by atoms with Crippen LogP contribution in [0.2, 0.25) is 0 Å². The number of rotatable bonds is 4. The Morgan fingerprint density at radius 2 is 2.14 bits per heavy atom. The highest BCUT2D eigenvalue weighted by Gasteiger charge is 2.30. The average molecular weight is 328 g/mol. The third-order valence-electron chi connectivity index (χ3n) is 4.03. The van der Waals surface area contributed by atoms with Gasteiger partial charge in [0.1, 0.15) is 5.69 Å². The van der Waals surface area contributed by atoms with E-state index in [1.165, 1.54) is 12.1 Å². The maximum atomic E-state index is 11.4. The van der Waals surface area contributed by atoms with Gasteiger partial charge in [-0.25, -0.2) is 13.6 Å². The highest BCUT2D eigenvalue weighted by molar-refractivity contribution is 7.89. The van der Waals surface area contributed by atoms with E-state index in [4.69, 9.17) is 10.9 Å². The maximum Gasteiger partial charge on any atom is 0.293 e. The lowest BCUT2D eigenvalue weighted by Crippen LogP contribution is -2.46. The molecule has 0 bridgehead atoms. The van der Waals surface area contributed by atoms with Crippen LogP contribution in [-0.2, 0) is 10.0 Å². The predicted octanol–water partition coefficient (Wildman–Crippen LogP) is 0.806. The number of sulfonamides is 1. The molecule has 2 atom stereocenters. The summed E-state index contributed by atoms with van der Waals surface area (Å²) in [6.07, 6.45) is 1.76. The number of anilines is 1. The Hall–Kier alpha value is -1.71. The van der Waals surface area contributed by atoms with Gasteiger partial charge >= 0.3 is 0 Å². The topological polar surface area (TPSA) is 133 Å². The number of benzene rings is 1. The lowest BCUT2D eigenvalue weighted by molar-refractivity contribution is -0.384. The Morgan fingerprint density at radius 1 is 1.45 bits per heavy atom. The Bertz CT molecular complexity index is 677. The molecule has 8 nitrogen and oxygen atoms in total. The van der Waals surface area contributed by atoms with E-state index in [0.29, 0.717) is 24.7 Å². The van der Waals surface area contributed by atoms with Crippen molar-refractivity contribution in [3.8, 4) is 0 Å². The van der Waals surface area contributed by atoms with Gasteiger partial charge in [-0.1, -0.05) is 6.92 Å². The molecule has 22 heavy (non-hydrogen) atoms. The van der Waals surface area contributed by atoms with Crippen molar-refractivity contribution < 1.29 is 13.3 Å². The molecule has 0 spiro atoms. The van der Waals surface area contributed by atoms with Crippen LogP contribution in [0.5, 0.6) is 0 Å². The van der Waals surface area contributed by atoms with Crippen molar-refractivity contribution in [3.05, 3.63) is 28.3 Å². The van der Waals surface area contributed by atoms with Gasteiger partial charge in [-0.2, -0.15) is 0 Å². The summed E-state index contributed by atoms with van der Waals surface area (Å²) in [7, 11) is -3.98. The smallest absolute Gasteiger partial charge is 0.293 e. The first-order valence-electron chi connectivity index (χ1n) is 7.02. The molecule has 122 valence electrons. The molecule has 9 heteroatoms. The third kappa shape index (κ3) is 3.37. The van der Waals surface area contributed by atoms with E-state index in [-0.39, 0.29) is 16.6 Å². The summed E-state index contributed by atoms with van der Waals surface area (Å²) in [6, 6.07) is 3.75. The Balaban J connectivity index is 2.48. The van der Waals surface area contributed by atoms with Crippen molar-refractivity contribution >= 4 is 21.4 Å². The number of nitrogens with zero attached hydrogens (tertiary/aromatic N) is 2. The van der Waals surface area contributed by atoms with Crippen molar-refractivity contribution in [2.24, 2.45) is 16.8 Å². The van der Waals surface area contributed by atoms with Gasteiger partial charge in [0.15, 0.2) is 0 Å². The molecule has 0 aliphatic carbocycles. The first-order chi connectivity index (χ1) is 10.2. The Kier molecular flexibility index (Phi) is 4.69. The van der Waals surface area contributed by atoms with Gasteiger partial charge in [-0.15, -0.1) is 0 Å². The van der Waals surface area contributed by atoms with Crippen LogP contribution in [0.25, 0.3) is 0 Å². The van der Waals surface area contributed by atoms with E-state index in [1.54, 1.807) is 0 Å². The number of hydrogen-bond donors (Lipinski definition) is 2. The van der Waals surface area contributed by atoms with Gasteiger partial charge in [-0.3, -0.25) is 10.1 Å². The fourth-order valence-electron chi connectivity index (χ4n) is 2.86. The first kappa shape index (κ1) is 16.7. The second kappa shape index (κ2) is 6.19. The van der Waals surface area contributed by atoms with Crippen LogP contribution in [0.1, 0.15) is 19.8 Å². The van der Waals surface area contributed by atoms with Gasteiger partial charge in [0.25, 0.3) is 5.69 Å². The number of hydrogen-bond acceptors (Lipinski definition) is 6. The molecular formula is C13H20N4O4S. The largest absolute Gasteiger partial charge is 0.362 e. The molecule has 1 aliphatic heterocycles. The molecule has 1 aliphatic rings. The summed E-state index contributed by atoms with van der Waals surface area (Å²) in [5.74, 6) is 0.507. The quantitative estimate of drug-likeness (QED) is 0.620. The molecule has 0 aromatic heterocycles. The molecule has 1 saturated heterocycles. The number of nitrogens with two attached hydrogens (primary N) is 2. The molecule has 0 saturated carbocycles. The molecule has 4 N–H and O–H groups in total. The molecule has 0 amide bonds. The summed E-state index contributed by atoms with van der Waals surface area (Å²) in [4.78, 5) is 12.4. The number of primary sulfonamides is 1. The average Bonchev–Trinajstić information content (AvgIpc) is 2.45. The molecule has 1 fully saturated rings. The third-order valence-corrected chi connectivity index (χ3v) is 4.94. The molecule has 1 aromatic carbocycles. The van der Waals surface area contributed by atoms with Crippen molar-refractivity contribution in [1.29, 1.82) is 0 Å². The number of piperidine rings is 1. The van der Waals surface area contributed by atoms with Gasteiger partial charge in [0.05, 0.1) is 9.82 Å². The van der Waals surface area contributed by atoms with Crippen LogP contribution >= 0.6 is 0 Å². The molecule has 0 radical (unpaired) electrons. The normalized spacial score (nSPS) is 22.6. The van der Waals surface area contributed by atoms with Crippen LogP contribution < -0.4 is 15.8 Å². The highest BCUT2D eigenvalue weighted by atomic mass is 32.2. The van der Waals surface area contributed by atoms with Gasteiger partial charge in [0.2, 0.25) is 10.0 Å². The summed E-state index contributed by atoms with van der Waals surface area (Å²) >= 11 is 0. The van der Waals surface area contributed by atoms with Crippen molar-refractivity contribution in [2.75, 3.05) is 18.0 Å². The zero-order valence-corrected chi connectivity index (χ0v) is 13.1. The van der Waals surface area contributed by atoms with Crippen LogP contribution in [-0.4, -0.2) is 32.5 Å². The van der Waals surface area contributed by atoms with Crippen molar-refractivity contribution in [1.82, 2.24) is 0 Å². The van der Waals surface area contributed by atoms with E-state index in [9.17, 15) is 18.5 Å². The molecule has 2 rings (SSSR count). The summed E-state index contributed by atoms with van der Waals surface area (Å²) in [5.41, 5.74) is 5.92. The molecule has 1 aromatic rings. The molecule has 1 heterocycles. The van der Waals surface area contributed by atoms with E-state index < -0.39 is 14.9 Å². The minimum Gasteiger partial charge on any atom is -0.362 e. The van der Waals surface area contributed by atoms with Gasteiger partial charge in [-0.05, 0) is 30.9 Å². The maximum absolute atomic E-state index is 11.4. The first-order valence-corrected chi connectivity index (χ1v) is 8.56.